The lowest BCUT2D eigenvalue weighted by atomic mass is 10.1. The van der Waals surface area contributed by atoms with Gasteiger partial charge < -0.3 is 10.2 Å². The van der Waals surface area contributed by atoms with Gasteiger partial charge in [0.25, 0.3) is 0 Å². The number of hydrogen-bond acceptors (Lipinski definition) is 3. The Labute approximate surface area is 187 Å². The molecule has 7 heteroatoms. The molecule has 1 N–H and O–H groups in total. The Hall–Kier alpha value is -3.12. The normalized spacial score (nSPS) is 11.8. The summed E-state index contributed by atoms with van der Waals surface area (Å²) in [5, 5.41) is 7.05. The van der Waals surface area contributed by atoms with E-state index in [0.29, 0.717) is 12.4 Å². The molecule has 0 radical (unpaired) electrons. The standard InChI is InChI=1S/C24H27ClN4O2/c1-5-28(24(31)17(3)25)15-21(30)26-23-22(19-12-7-6-8-13-19)18(4)27-29(23)20-14-10-9-11-16(20)2/h6-14,17H,5,15H2,1-4H3,(H,26,30). The average Bonchev–Trinajstić information content (AvgIpc) is 3.07. The van der Waals surface area contributed by atoms with Crippen molar-refractivity contribution in [3.8, 4) is 16.8 Å². The molecule has 0 fully saturated rings. The van der Waals surface area contributed by atoms with E-state index in [4.69, 9.17) is 16.7 Å². The van der Waals surface area contributed by atoms with Gasteiger partial charge in [-0.1, -0.05) is 48.5 Å². The Morgan fingerprint density at radius 3 is 2.35 bits per heavy atom. The summed E-state index contributed by atoms with van der Waals surface area (Å²) in [5.41, 5.74) is 4.50. The maximum Gasteiger partial charge on any atom is 0.245 e. The van der Waals surface area contributed by atoms with E-state index in [-0.39, 0.29) is 18.4 Å². The average molecular weight is 439 g/mol. The third-order valence-corrected chi connectivity index (χ3v) is 5.28. The van der Waals surface area contributed by atoms with Gasteiger partial charge in [-0.15, -0.1) is 11.6 Å². The van der Waals surface area contributed by atoms with Crippen LogP contribution in [0.5, 0.6) is 0 Å². The highest BCUT2D eigenvalue weighted by molar-refractivity contribution is 6.30. The van der Waals surface area contributed by atoms with Crippen LogP contribution in [0, 0.1) is 13.8 Å². The summed E-state index contributed by atoms with van der Waals surface area (Å²) in [6, 6.07) is 17.7. The van der Waals surface area contributed by atoms with Crippen molar-refractivity contribution in [3.05, 3.63) is 65.9 Å². The van der Waals surface area contributed by atoms with E-state index in [1.54, 1.807) is 11.6 Å². The Morgan fingerprint density at radius 1 is 1.10 bits per heavy atom. The molecule has 31 heavy (non-hydrogen) atoms. The highest BCUT2D eigenvalue weighted by atomic mass is 35.5. The van der Waals surface area contributed by atoms with Crippen molar-refractivity contribution >= 4 is 29.2 Å². The second kappa shape index (κ2) is 9.79. The summed E-state index contributed by atoms with van der Waals surface area (Å²) in [4.78, 5) is 26.7. The van der Waals surface area contributed by atoms with E-state index in [2.05, 4.69) is 5.32 Å². The monoisotopic (exact) mass is 438 g/mol. The number of carbonyl (C=O) groups is 2. The van der Waals surface area contributed by atoms with Crippen LogP contribution in [0.2, 0.25) is 0 Å². The number of amides is 2. The third kappa shape index (κ3) is 4.97. The van der Waals surface area contributed by atoms with Gasteiger partial charge in [0.1, 0.15) is 11.2 Å². The number of aromatic nitrogens is 2. The Balaban J connectivity index is 2.04. The molecule has 0 spiro atoms. The van der Waals surface area contributed by atoms with Crippen molar-refractivity contribution < 1.29 is 9.59 Å². The summed E-state index contributed by atoms with van der Waals surface area (Å²) in [6.45, 7) is 7.66. The summed E-state index contributed by atoms with van der Waals surface area (Å²) >= 11 is 5.94. The Kier molecular flexibility index (Phi) is 7.13. The van der Waals surface area contributed by atoms with E-state index in [1.807, 2.05) is 75.4 Å². The van der Waals surface area contributed by atoms with Crippen LogP contribution in [0.25, 0.3) is 16.8 Å². The van der Waals surface area contributed by atoms with Crippen LogP contribution < -0.4 is 5.32 Å². The minimum atomic E-state index is -0.688. The summed E-state index contributed by atoms with van der Waals surface area (Å²) in [6.07, 6.45) is 0. The molecule has 162 valence electrons. The van der Waals surface area contributed by atoms with Crippen molar-refractivity contribution in [3.63, 3.8) is 0 Å². The maximum atomic E-state index is 13.0. The lowest BCUT2D eigenvalue weighted by Crippen LogP contribution is -2.41. The first-order valence-electron chi connectivity index (χ1n) is 10.3. The maximum absolute atomic E-state index is 13.0. The minimum absolute atomic E-state index is 0.0847. The van der Waals surface area contributed by atoms with E-state index >= 15 is 0 Å². The number of nitrogens with zero attached hydrogens (tertiary/aromatic N) is 3. The number of halogens is 1. The fraction of sp³-hybridized carbons (Fsp3) is 0.292. The van der Waals surface area contributed by atoms with Gasteiger partial charge in [-0.2, -0.15) is 5.10 Å². The molecule has 0 aliphatic carbocycles. The number of nitrogens with one attached hydrogen (secondary N) is 1. The number of benzene rings is 2. The number of aryl methyl sites for hydroxylation is 2. The smallest absolute Gasteiger partial charge is 0.245 e. The molecule has 0 bridgehead atoms. The number of para-hydroxylation sites is 1. The van der Waals surface area contributed by atoms with Crippen LogP contribution in [0.15, 0.2) is 54.6 Å². The van der Waals surface area contributed by atoms with E-state index < -0.39 is 5.38 Å². The van der Waals surface area contributed by atoms with Crippen LogP contribution in [0.1, 0.15) is 25.1 Å². The third-order valence-electron chi connectivity index (χ3n) is 5.09. The fourth-order valence-corrected chi connectivity index (χ4v) is 3.65. The van der Waals surface area contributed by atoms with E-state index in [0.717, 1.165) is 28.1 Å². The number of hydrogen-bond donors (Lipinski definition) is 1. The van der Waals surface area contributed by atoms with Gasteiger partial charge in [-0.3, -0.25) is 9.59 Å². The van der Waals surface area contributed by atoms with Gasteiger partial charge in [-0.05, 0) is 44.9 Å². The lowest BCUT2D eigenvalue weighted by molar-refractivity contribution is -0.133. The molecule has 1 aromatic heterocycles. The fourth-order valence-electron chi connectivity index (χ4n) is 3.51. The van der Waals surface area contributed by atoms with Crippen LogP contribution in [0.4, 0.5) is 5.82 Å². The van der Waals surface area contributed by atoms with E-state index in [9.17, 15) is 9.59 Å². The first-order chi connectivity index (χ1) is 14.8. The van der Waals surface area contributed by atoms with Crippen molar-refractivity contribution in [2.24, 2.45) is 0 Å². The number of anilines is 1. The van der Waals surface area contributed by atoms with Crippen LogP contribution >= 0.6 is 11.6 Å². The number of rotatable bonds is 7. The molecule has 0 saturated heterocycles. The first-order valence-corrected chi connectivity index (χ1v) is 10.7. The largest absolute Gasteiger partial charge is 0.332 e. The quantitative estimate of drug-likeness (QED) is 0.549. The van der Waals surface area contributed by atoms with Gasteiger partial charge >= 0.3 is 0 Å². The summed E-state index contributed by atoms with van der Waals surface area (Å²) < 4.78 is 1.76. The first kappa shape index (κ1) is 22.6. The lowest BCUT2D eigenvalue weighted by Gasteiger charge is -2.22. The van der Waals surface area contributed by atoms with Gasteiger partial charge in [-0.25, -0.2) is 4.68 Å². The molecule has 0 aliphatic heterocycles. The molecule has 0 aliphatic rings. The number of carbonyl (C=O) groups excluding carboxylic acids is 2. The van der Waals surface area contributed by atoms with Gasteiger partial charge in [0.05, 0.1) is 17.9 Å². The number of alkyl halides is 1. The highest BCUT2D eigenvalue weighted by Crippen LogP contribution is 2.34. The zero-order valence-corrected chi connectivity index (χ0v) is 19.0. The topological polar surface area (TPSA) is 67.2 Å². The molecule has 3 aromatic rings. The molecule has 1 atom stereocenters. The second-order valence-corrected chi connectivity index (χ2v) is 8.04. The number of likely N-dealkylation sites (N-methyl/N-ethyl adjacent to an activating group) is 1. The zero-order valence-electron chi connectivity index (χ0n) is 18.2. The van der Waals surface area contributed by atoms with Crippen molar-refractivity contribution in [1.29, 1.82) is 0 Å². The SMILES string of the molecule is CCN(CC(=O)Nc1c(-c2ccccc2)c(C)nn1-c1ccccc1C)C(=O)C(C)Cl. The molecule has 1 heterocycles. The second-order valence-electron chi connectivity index (χ2n) is 7.39. The molecular formula is C24H27ClN4O2. The molecular weight excluding hydrogens is 412 g/mol. The predicted octanol–water partition coefficient (Wildman–Crippen LogP) is 4.57. The molecule has 2 aromatic carbocycles. The molecule has 6 nitrogen and oxygen atoms in total. The highest BCUT2D eigenvalue weighted by Gasteiger charge is 2.24. The van der Waals surface area contributed by atoms with Crippen molar-refractivity contribution in [2.75, 3.05) is 18.4 Å². The van der Waals surface area contributed by atoms with Crippen LogP contribution in [-0.2, 0) is 9.59 Å². The minimum Gasteiger partial charge on any atom is -0.332 e. The van der Waals surface area contributed by atoms with Gasteiger partial charge in [0.15, 0.2) is 0 Å². The van der Waals surface area contributed by atoms with Gasteiger partial charge in [0, 0.05) is 12.1 Å². The summed E-state index contributed by atoms with van der Waals surface area (Å²) in [5.74, 6) is -0.00366. The van der Waals surface area contributed by atoms with Crippen LogP contribution in [0.3, 0.4) is 0 Å². The summed E-state index contributed by atoms with van der Waals surface area (Å²) in [7, 11) is 0. The van der Waals surface area contributed by atoms with E-state index in [1.165, 1.54) is 4.90 Å². The molecule has 0 saturated carbocycles. The predicted molar refractivity (Wildman–Crippen MR) is 125 cm³/mol. The van der Waals surface area contributed by atoms with Crippen molar-refractivity contribution in [2.45, 2.75) is 33.1 Å². The Bertz CT molecular complexity index is 1080. The Morgan fingerprint density at radius 2 is 1.74 bits per heavy atom. The van der Waals surface area contributed by atoms with Gasteiger partial charge in [0.2, 0.25) is 11.8 Å². The molecule has 3 rings (SSSR count). The van der Waals surface area contributed by atoms with Crippen LogP contribution in [-0.4, -0.2) is 45.0 Å². The van der Waals surface area contributed by atoms with Crippen molar-refractivity contribution in [1.82, 2.24) is 14.7 Å². The zero-order chi connectivity index (χ0) is 22.5. The molecule has 1 unspecified atom stereocenters. The molecule has 2 amide bonds.